The fraction of sp³-hybridized carbons (Fsp3) is 0. The van der Waals surface area contributed by atoms with Crippen molar-refractivity contribution in [2.45, 2.75) is 0 Å². The zero-order chi connectivity index (χ0) is 7.00. The summed E-state index contributed by atoms with van der Waals surface area (Å²) in [5, 5.41) is 0. The largest absolute Gasteiger partial charge is 2.00 e. The Morgan fingerprint density at radius 1 is 0.533 bits per heavy atom. The second kappa shape index (κ2) is 16.5. The minimum atomic E-state index is -5.67. The quantitative estimate of drug-likeness (QED) is 0.255. The summed E-state index contributed by atoms with van der Waals surface area (Å²) in [5.41, 5.74) is 0. The fourth-order valence-electron chi connectivity index (χ4n) is 0. The maximum Gasteiger partial charge on any atom is 2.00 e. The summed E-state index contributed by atoms with van der Waals surface area (Å²) in [6, 6.07) is 0. The third-order valence-corrected chi connectivity index (χ3v) is 2.25. The summed E-state index contributed by atoms with van der Waals surface area (Å²) in [4.78, 5) is 0. The smallest absolute Gasteiger partial charge is 0.736 e. The molecule has 0 heterocycles. The molecule has 0 aromatic rings. The zero-order valence-electron chi connectivity index (χ0n) is 6.58. The molecule has 12 N–H and O–H groups in total. The van der Waals surface area contributed by atoms with Gasteiger partial charge in [-0.1, -0.05) is 0 Å². The van der Waals surface area contributed by atoms with Crippen molar-refractivity contribution in [1.82, 2.24) is 0 Å². The van der Waals surface area contributed by atoms with Crippen molar-refractivity contribution in [1.29, 1.82) is 0 Å². The SMILES string of the molecule is O.O.O.O.O.O.O=S(=O)([O-])S(=O)(=O)[O-].[Ni+2]. The van der Waals surface area contributed by atoms with Crippen LogP contribution in [0.3, 0.4) is 0 Å². The van der Waals surface area contributed by atoms with Gasteiger partial charge in [0.15, 0.2) is 18.3 Å². The fourth-order valence-corrected chi connectivity index (χ4v) is 0. The topological polar surface area (TPSA) is 303 Å². The Bertz CT molecular complexity index is 226. The van der Waals surface area contributed by atoms with Crippen LogP contribution in [0.5, 0.6) is 0 Å². The van der Waals surface area contributed by atoms with Crippen LogP contribution in [0, 0.1) is 0 Å². The van der Waals surface area contributed by atoms with E-state index in [1.807, 2.05) is 0 Å². The molecule has 0 aromatic heterocycles. The molecular formula is H12NiO12S2. The van der Waals surface area contributed by atoms with Crippen LogP contribution in [-0.4, -0.2) is 58.8 Å². The predicted molar refractivity (Wildman–Crippen MR) is 41.1 cm³/mol. The minimum Gasteiger partial charge on any atom is -0.736 e. The first-order valence-electron chi connectivity index (χ1n) is 1.17. The van der Waals surface area contributed by atoms with Gasteiger partial charge in [-0.05, 0) is 0 Å². The summed E-state index contributed by atoms with van der Waals surface area (Å²) in [6.45, 7) is 0. The van der Waals surface area contributed by atoms with Crippen LogP contribution in [0.2, 0.25) is 0 Å². The standard InChI is InChI=1S/Ni.H2O6S2.6H2O/c;1-7(2,3)8(4,5)6;;;;;;/h;(H,1,2,3)(H,4,5,6);6*1H2/q+2;;;;;;;/p-2. The second-order valence-electron chi connectivity index (χ2n) is 0.816. The molecule has 0 bridgehead atoms. The molecule has 0 fully saturated rings. The van der Waals surface area contributed by atoms with E-state index in [0.29, 0.717) is 0 Å². The molecule has 0 rings (SSSR count). The predicted octanol–water partition coefficient (Wildman–Crippen LogP) is -6.96. The van der Waals surface area contributed by atoms with Gasteiger partial charge in [-0.15, -0.1) is 0 Å². The Balaban J connectivity index is -0.0000000117. The van der Waals surface area contributed by atoms with Crippen molar-refractivity contribution in [2.24, 2.45) is 0 Å². The van der Waals surface area contributed by atoms with Crippen molar-refractivity contribution < 1.29 is 75.3 Å². The van der Waals surface area contributed by atoms with E-state index in [1.54, 1.807) is 0 Å². The van der Waals surface area contributed by atoms with Gasteiger partial charge in [0, 0.05) is 0 Å². The normalized spacial score (nSPS) is 7.33. The third kappa shape index (κ3) is 24.9. The number of hydrogen-bond acceptors (Lipinski definition) is 6. The molecule has 0 spiro atoms. The van der Waals surface area contributed by atoms with Gasteiger partial charge in [-0.25, -0.2) is 16.8 Å². The van der Waals surface area contributed by atoms with E-state index in [2.05, 4.69) is 0 Å². The Kier molecular flexibility index (Phi) is 65.6. The van der Waals surface area contributed by atoms with E-state index in [4.69, 9.17) is 0 Å². The van der Waals surface area contributed by atoms with Crippen molar-refractivity contribution in [3.05, 3.63) is 0 Å². The van der Waals surface area contributed by atoms with E-state index in [1.165, 1.54) is 0 Å². The van der Waals surface area contributed by atoms with Crippen molar-refractivity contribution in [2.75, 3.05) is 0 Å². The maximum absolute atomic E-state index is 9.20. The Morgan fingerprint density at radius 2 is 0.600 bits per heavy atom. The summed E-state index contributed by atoms with van der Waals surface area (Å²) in [5.74, 6) is 0. The first kappa shape index (κ1) is 59.7. The molecule has 0 aromatic carbocycles. The van der Waals surface area contributed by atoms with Gasteiger partial charge in [0.05, 0.1) is 0 Å². The van der Waals surface area contributed by atoms with Gasteiger partial charge >= 0.3 is 16.5 Å². The van der Waals surface area contributed by atoms with Gasteiger partial charge in [-0.3, -0.25) is 0 Å². The van der Waals surface area contributed by atoms with Crippen LogP contribution in [-0.2, 0) is 34.8 Å². The molecule has 0 aliphatic carbocycles. The number of rotatable bonds is 1. The first-order valence-corrected chi connectivity index (χ1v) is 4.50. The third-order valence-electron chi connectivity index (χ3n) is 0.250. The van der Waals surface area contributed by atoms with Gasteiger partial charge in [-0.2, -0.15) is 0 Å². The first-order chi connectivity index (χ1) is 3.25. The molecule has 15 heavy (non-hydrogen) atoms. The van der Waals surface area contributed by atoms with Crippen LogP contribution < -0.4 is 0 Å². The Morgan fingerprint density at radius 3 is 0.600 bits per heavy atom. The van der Waals surface area contributed by atoms with Gasteiger partial charge in [0.1, 0.15) is 0 Å². The van der Waals surface area contributed by atoms with E-state index in [0.717, 1.165) is 0 Å². The van der Waals surface area contributed by atoms with Gasteiger partial charge < -0.3 is 42.0 Å². The van der Waals surface area contributed by atoms with E-state index in [-0.39, 0.29) is 49.3 Å². The van der Waals surface area contributed by atoms with Crippen LogP contribution >= 0.6 is 0 Å². The van der Waals surface area contributed by atoms with Gasteiger partial charge in [0.25, 0.3) is 0 Å². The molecule has 0 atom stereocenters. The van der Waals surface area contributed by atoms with Crippen molar-refractivity contribution in [3.63, 3.8) is 0 Å². The summed E-state index contributed by atoms with van der Waals surface area (Å²) in [6.07, 6.45) is 0. The molecular weight excluding hydrogens is 315 g/mol. The summed E-state index contributed by atoms with van der Waals surface area (Å²) in [7, 11) is -11.3. The molecule has 0 saturated carbocycles. The van der Waals surface area contributed by atoms with E-state index in [9.17, 15) is 25.9 Å². The van der Waals surface area contributed by atoms with Crippen molar-refractivity contribution >= 4 is 18.3 Å². The molecule has 15 heteroatoms. The zero-order valence-corrected chi connectivity index (χ0v) is 9.20. The molecule has 0 amide bonds. The molecule has 0 radical (unpaired) electrons. The Labute approximate surface area is 94.0 Å². The van der Waals surface area contributed by atoms with Gasteiger partial charge in [0.2, 0.25) is 0 Å². The van der Waals surface area contributed by atoms with Crippen LogP contribution in [0.15, 0.2) is 0 Å². The van der Waals surface area contributed by atoms with Crippen LogP contribution in [0.4, 0.5) is 0 Å². The van der Waals surface area contributed by atoms with E-state index >= 15 is 0 Å². The molecule has 12 nitrogen and oxygen atoms in total. The van der Waals surface area contributed by atoms with Crippen LogP contribution in [0.1, 0.15) is 0 Å². The second-order valence-corrected chi connectivity index (χ2v) is 4.90. The van der Waals surface area contributed by atoms with Crippen molar-refractivity contribution in [3.8, 4) is 0 Å². The monoisotopic (exact) mass is 326 g/mol. The minimum absolute atomic E-state index is 0. The maximum atomic E-state index is 9.20. The summed E-state index contributed by atoms with van der Waals surface area (Å²) >= 11 is 0. The molecule has 106 valence electrons. The average Bonchev–Trinajstić information content (AvgIpc) is 1.25. The molecule has 0 saturated heterocycles. The molecule has 0 unspecified atom stereocenters. The summed E-state index contributed by atoms with van der Waals surface area (Å²) < 4.78 is 55.2. The molecule has 0 aliphatic heterocycles. The van der Waals surface area contributed by atoms with Crippen LogP contribution in [0.25, 0.3) is 0 Å². The Hall–Kier alpha value is 0.0735. The number of hydrogen-bond donors (Lipinski definition) is 0. The average molecular weight is 327 g/mol. The molecule has 0 aliphatic rings. The van der Waals surface area contributed by atoms with E-state index < -0.39 is 18.3 Å².